The number of carbonyl (C=O) groups is 1. The van der Waals surface area contributed by atoms with Gasteiger partial charge in [-0.3, -0.25) is 4.79 Å². The maximum Gasteiger partial charge on any atom is 0.240 e. The predicted octanol–water partition coefficient (Wildman–Crippen LogP) is 4.64. The first kappa shape index (κ1) is 21.8. The van der Waals surface area contributed by atoms with Crippen molar-refractivity contribution in [3.63, 3.8) is 0 Å². The molecule has 0 saturated carbocycles. The van der Waals surface area contributed by atoms with Crippen LogP contribution in [0.3, 0.4) is 0 Å². The third-order valence-corrected chi connectivity index (χ3v) is 7.00. The molecule has 1 saturated heterocycles. The summed E-state index contributed by atoms with van der Waals surface area (Å²) in [4.78, 5) is 16.2. The van der Waals surface area contributed by atoms with Crippen molar-refractivity contribution in [2.45, 2.75) is 50.6 Å². The van der Waals surface area contributed by atoms with E-state index in [1.54, 1.807) is 6.07 Å². The van der Waals surface area contributed by atoms with Gasteiger partial charge < -0.3 is 9.47 Å². The smallest absolute Gasteiger partial charge is 0.240 e. The number of nitrogens with one attached hydrogen (secondary N) is 1. The average molecular weight is 431 g/mol. The fourth-order valence-corrected chi connectivity index (χ4v) is 4.62. The number of benzene rings is 1. The Balaban J connectivity index is 1.70. The summed E-state index contributed by atoms with van der Waals surface area (Å²) < 4.78 is 5.28. The van der Waals surface area contributed by atoms with Gasteiger partial charge in [0.2, 0.25) is 5.91 Å². The van der Waals surface area contributed by atoms with Crippen LogP contribution in [0.15, 0.2) is 41.4 Å². The van der Waals surface area contributed by atoms with Gasteiger partial charge in [-0.1, -0.05) is 24.6 Å². The van der Waals surface area contributed by atoms with Crippen LogP contribution >= 0.6 is 23.5 Å². The molecule has 1 aliphatic rings. The Bertz CT molecular complexity index is 883. The second-order valence-electron chi connectivity index (χ2n) is 7.63. The first-order valence-corrected chi connectivity index (χ1v) is 11.2. The van der Waals surface area contributed by atoms with Gasteiger partial charge in [0.25, 0.3) is 0 Å². The molecule has 7 heteroatoms. The summed E-state index contributed by atoms with van der Waals surface area (Å²) in [6.45, 7) is 6.45. The van der Waals surface area contributed by atoms with Gasteiger partial charge in [0.05, 0.1) is 6.04 Å². The van der Waals surface area contributed by atoms with E-state index in [0.29, 0.717) is 24.6 Å². The van der Waals surface area contributed by atoms with E-state index in [2.05, 4.69) is 17.7 Å². The average Bonchev–Trinajstić information content (AvgIpc) is 3.18. The summed E-state index contributed by atoms with van der Waals surface area (Å²) in [5, 5.41) is 9.96. The third-order valence-electron chi connectivity index (χ3n) is 5.53. The standard InChI is InChI=1S/C22H27ClN4OS/c1-16-8-12-27(13-9-16)22(28)20(10-14-26-11-4-5-18(26)15-24)25-29-21-7-3-6-19(23)17(21)2/h3-7,11,16,20,25H,8-10,12-14H2,1-2H3. The summed E-state index contributed by atoms with van der Waals surface area (Å²) in [5.74, 6) is 0.807. The molecule has 1 N–H and O–H groups in total. The molecule has 29 heavy (non-hydrogen) atoms. The van der Waals surface area contributed by atoms with Crippen molar-refractivity contribution in [2.24, 2.45) is 5.92 Å². The van der Waals surface area contributed by atoms with E-state index in [0.717, 1.165) is 41.4 Å². The van der Waals surface area contributed by atoms with Crippen molar-refractivity contribution in [1.29, 1.82) is 5.26 Å². The van der Waals surface area contributed by atoms with Crippen molar-refractivity contribution in [1.82, 2.24) is 14.2 Å². The molecule has 2 aromatic rings. The van der Waals surface area contributed by atoms with Gasteiger partial charge in [0.15, 0.2) is 0 Å². The first-order valence-electron chi connectivity index (χ1n) is 10.0. The summed E-state index contributed by atoms with van der Waals surface area (Å²) in [7, 11) is 0. The summed E-state index contributed by atoms with van der Waals surface area (Å²) >= 11 is 7.69. The van der Waals surface area contributed by atoms with Crippen LogP contribution in [0.4, 0.5) is 0 Å². The van der Waals surface area contributed by atoms with Gasteiger partial charge >= 0.3 is 0 Å². The Labute approximate surface area is 182 Å². The van der Waals surface area contributed by atoms with Crippen LogP contribution in [0.2, 0.25) is 5.02 Å². The normalized spacial score (nSPS) is 15.9. The van der Waals surface area contributed by atoms with Crippen LogP contribution in [-0.2, 0) is 11.3 Å². The number of amides is 1. The molecule has 0 bridgehead atoms. The Morgan fingerprint density at radius 3 is 2.83 bits per heavy atom. The highest BCUT2D eigenvalue weighted by molar-refractivity contribution is 7.97. The highest BCUT2D eigenvalue weighted by Gasteiger charge is 2.27. The SMILES string of the molecule is Cc1c(Cl)cccc1SNC(CCn1cccc1C#N)C(=O)N1CCC(C)CC1. The largest absolute Gasteiger partial charge is 0.341 e. The lowest BCUT2D eigenvalue weighted by Crippen LogP contribution is -2.47. The number of nitrogens with zero attached hydrogens (tertiary/aromatic N) is 3. The number of aryl methyl sites for hydroxylation is 1. The maximum atomic E-state index is 13.2. The Kier molecular flexibility index (Phi) is 7.65. The highest BCUT2D eigenvalue weighted by atomic mass is 35.5. The molecular weight excluding hydrogens is 404 g/mol. The van der Waals surface area contributed by atoms with E-state index >= 15 is 0 Å². The molecule has 1 aliphatic heterocycles. The lowest BCUT2D eigenvalue weighted by atomic mass is 9.98. The number of carbonyl (C=O) groups excluding carboxylic acids is 1. The Hall–Kier alpha value is -1.94. The molecule has 5 nitrogen and oxygen atoms in total. The molecule has 1 aromatic heterocycles. The minimum absolute atomic E-state index is 0.134. The van der Waals surface area contributed by atoms with E-state index in [9.17, 15) is 10.1 Å². The quantitative estimate of drug-likeness (QED) is 0.650. The molecule has 0 radical (unpaired) electrons. The molecule has 3 rings (SSSR count). The lowest BCUT2D eigenvalue weighted by molar-refractivity contribution is -0.134. The number of piperidine rings is 1. The zero-order valence-electron chi connectivity index (χ0n) is 16.9. The molecule has 1 unspecified atom stereocenters. The molecule has 1 fully saturated rings. The van der Waals surface area contributed by atoms with Crippen molar-refractivity contribution >= 4 is 29.5 Å². The summed E-state index contributed by atoms with van der Waals surface area (Å²) in [5.41, 5.74) is 1.61. The minimum Gasteiger partial charge on any atom is -0.341 e. The molecule has 0 aliphatic carbocycles. The molecular formula is C22H27ClN4OS. The van der Waals surface area contributed by atoms with E-state index < -0.39 is 0 Å². The third kappa shape index (κ3) is 5.57. The number of hydrogen-bond acceptors (Lipinski definition) is 4. The van der Waals surface area contributed by atoms with Crippen molar-refractivity contribution in [2.75, 3.05) is 13.1 Å². The monoisotopic (exact) mass is 430 g/mol. The van der Waals surface area contributed by atoms with E-state index in [1.165, 1.54) is 11.9 Å². The summed E-state index contributed by atoms with van der Waals surface area (Å²) in [6, 6.07) is 11.3. The minimum atomic E-state index is -0.333. The van der Waals surface area contributed by atoms with E-state index in [-0.39, 0.29) is 11.9 Å². The van der Waals surface area contributed by atoms with Crippen LogP contribution in [0, 0.1) is 24.2 Å². The van der Waals surface area contributed by atoms with Crippen LogP contribution < -0.4 is 4.72 Å². The maximum absolute atomic E-state index is 13.2. The first-order chi connectivity index (χ1) is 14.0. The Morgan fingerprint density at radius 1 is 1.34 bits per heavy atom. The van der Waals surface area contributed by atoms with Crippen molar-refractivity contribution < 1.29 is 4.79 Å². The van der Waals surface area contributed by atoms with Gasteiger partial charge in [-0.05, 0) is 73.9 Å². The predicted molar refractivity (Wildman–Crippen MR) is 118 cm³/mol. The second kappa shape index (κ2) is 10.2. The molecule has 2 heterocycles. The van der Waals surface area contributed by atoms with Crippen molar-refractivity contribution in [3.8, 4) is 6.07 Å². The zero-order chi connectivity index (χ0) is 20.8. The number of hydrogen-bond donors (Lipinski definition) is 1. The van der Waals surface area contributed by atoms with Crippen LogP contribution in [0.5, 0.6) is 0 Å². The van der Waals surface area contributed by atoms with Gasteiger partial charge in [-0.25, -0.2) is 4.72 Å². The van der Waals surface area contributed by atoms with E-state index in [1.807, 2.05) is 46.9 Å². The van der Waals surface area contributed by atoms with Gasteiger partial charge in [-0.2, -0.15) is 5.26 Å². The number of nitriles is 1. The number of likely N-dealkylation sites (tertiary alicyclic amines) is 1. The molecule has 0 spiro atoms. The Morgan fingerprint density at radius 2 is 2.10 bits per heavy atom. The highest BCUT2D eigenvalue weighted by Crippen LogP contribution is 2.27. The van der Waals surface area contributed by atoms with Crippen LogP contribution in [0.25, 0.3) is 0 Å². The fraction of sp³-hybridized carbons (Fsp3) is 0.455. The van der Waals surface area contributed by atoms with Crippen LogP contribution in [-0.4, -0.2) is 34.5 Å². The molecule has 1 amide bonds. The number of rotatable bonds is 7. The summed E-state index contributed by atoms with van der Waals surface area (Å²) in [6.07, 6.45) is 4.60. The molecule has 1 aromatic carbocycles. The lowest BCUT2D eigenvalue weighted by Gasteiger charge is -2.33. The second-order valence-corrected chi connectivity index (χ2v) is 8.92. The van der Waals surface area contributed by atoms with Gasteiger partial charge in [-0.15, -0.1) is 0 Å². The van der Waals surface area contributed by atoms with Crippen molar-refractivity contribution in [3.05, 3.63) is 52.8 Å². The number of halogens is 1. The fourth-order valence-electron chi connectivity index (χ4n) is 3.49. The molecule has 154 valence electrons. The zero-order valence-corrected chi connectivity index (χ0v) is 18.5. The van der Waals surface area contributed by atoms with E-state index in [4.69, 9.17) is 11.6 Å². The van der Waals surface area contributed by atoms with Gasteiger partial charge in [0.1, 0.15) is 11.8 Å². The van der Waals surface area contributed by atoms with Gasteiger partial charge in [0, 0.05) is 35.7 Å². The van der Waals surface area contributed by atoms with Crippen LogP contribution in [0.1, 0.15) is 37.4 Å². The topological polar surface area (TPSA) is 61.1 Å². The number of aromatic nitrogens is 1. The molecule has 1 atom stereocenters.